The molecule has 0 saturated carbocycles. The first kappa shape index (κ1) is 10.9. The molecule has 2 N–H and O–H groups in total. The molecule has 1 heterocycles. The van der Waals surface area contributed by atoms with Crippen LogP contribution in [0.3, 0.4) is 0 Å². The van der Waals surface area contributed by atoms with Crippen molar-refractivity contribution < 1.29 is 10.0 Å². The van der Waals surface area contributed by atoms with Crippen molar-refractivity contribution in [3.63, 3.8) is 0 Å². The number of nitrogens with one attached hydrogen (secondary N) is 1. The number of para-hydroxylation sites is 1. The van der Waals surface area contributed by atoms with Crippen LogP contribution in [0.1, 0.15) is 0 Å². The molecule has 1 atom stereocenters. The number of anilines is 1. The van der Waals surface area contributed by atoms with Crippen molar-refractivity contribution in [1.82, 2.24) is 10.8 Å². The fourth-order valence-electron chi connectivity index (χ4n) is 1.81. The minimum atomic E-state index is -0.487. The van der Waals surface area contributed by atoms with Gasteiger partial charge >= 0.3 is 0 Å². The first-order chi connectivity index (χ1) is 7.81. The average molecular weight is 220 g/mol. The number of piperazine rings is 1. The Morgan fingerprint density at radius 3 is 2.88 bits per heavy atom. The maximum absolute atomic E-state index is 11.3. The van der Waals surface area contributed by atoms with Gasteiger partial charge in [-0.05, 0) is 12.1 Å². The molecule has 1 aromatic carbocycles. The van der Waals surface area contributed by atoms with E-state index in [1.807, 2.05) is 30.3 Å². The quantitative estimate of drug-likeness (QED) is 0.544. The Hall–Kier alpha value is -1.59. The molecule has 1 aliphatic heterocycles. The molecule has 0 spiro atoms. The number of rotatable bonds is 2. The summed E-state index contributed by atoms with van der Waals surface area (Å²) in [6.45, 7) is 1.92. The minimum absolute atomic E-state index is 0.444. The van der Waals surface area contributed by atoms with Crippen LogP contribution in [0.5, 0.6) is 0 Å². The maximum Gasteiger partial charge on any atom is 0.263 e. The summed E-state index contributed by atoms with van der Waals surface area (Å²) in [7, 11) is 0. The zero-order valence-electron chi connectivity index (χ0n) is 8.84. The molecular weight excluding hydrogens is 206 g/mol. The van der Waals surface area contributed by atoms with Gasteiger partial charge in [-0.1, -0.05) is 18.2 Å². The highest BCUT2D eigenvalue weighted by Crippen LogP contribution is 2.15. The van der Waals surface area contributed by atoms with Gasteiger partial charge in [-0.25, -0.2) is 10.8 Å². The fraction of sp³-hybridized carbons (Fsp3) is 0.364. The lowest BCUT2D eigenvalue weighted by Gasteiger charge is -2.32. The van der Waals surface area contributed by atoms with Crippen LogP contribution in [0.25, 0.3) is 0 Å². The van der Waals surface area contributed by atoms with Crippen LogP contribution in [0.2, 0.25) is 0 Å². The van der Waals surface area contributed by atoms with Crippen LogP contribution in [0, 0.1) is 0 Å². The van der Waals surface area contributed by atoms with Crippen molar-refractivity contribution in [1.29, 1.82) is 0 Å². The highest BCUT2D eigenvalue weighted by molar-refractivity contribution is 5.81. The van der Waals surface area contributed by atoms with Crippen LogP contribution in [0.15, 0.2) is 30.3 Å². The number of hydrogen-bond acceptors (Lipinski definition) is 3. The molecule has 0 bridgehead atoms. The molecule has 1 amide bonds. The third-order valence-corrected chi connectivity index (χ3v) is 2.65. The number of carbonyl (C=O) groups is 1. The van der Waals surface area contributed by atoms with Gasteiger partial charge in [-0.2, -0.15) is 0 Å². The largest absolute Gasteiger partial charge is 0.368 e. The van der Waals surface area contributed by atoms with Crippen molar-refractivity contribution in [3.8, 4) is 0 Å². The van der Waals surface area contributed by atoms with E-state index in [9.17, 15) is 4.79 Å². The van der Waals surface area contributed by atoms with Gasteiger partial charge in [0.2, 0.25) is 0 Å². The molecule has 1 aliphatic rings. The minimum Gasteiger partial charge on any atom is -0.368 e. The number of hydrogen-bond donors (Lipinski definition) is 2. The Morgan fingerprint density at radius 1 is 1.44 bits per heavy atom. The second-order valence-corrected chi connectivity index (χ2v) is 3.68. The fourth-order valence-corrected chi connectivity index (χ4v) is 1.81. The van der Waals surface area contributed by atoms with Crippen LogP contribution in [-0.4, -0.2) is 36.8 Å². The molecule has 1 fully saturated rings. The van der Waals surface area contributed by atoms with Gasteiger partial charge < -0.3 is 4.90 Å². The molecule has 1 saturated heterocycles. The molecule has 2 rings (SSSR count). The summed E-state index contributed by atoms with van der Waals surface area (Å²) in [5.74, 6) is -0.444. The van der Waals surface area contributed by atoms with E-state index in [1.165, 1.54) is 0 Å². The summed E-state index contributed by atoms with van der Waals surface area (Å²) in [5, 5.41) is 12.7. The van der Waals surface area contributed by atoms with E-state index >= 15 is 0 Å². The Morgan fingerprint density at radius 2 is 2.19 bits per heavy atom. The standard InChI is InChI=1S/C11H14N3O2/c15-11(13-16)10-8-14(7-6-12-10)9-4-2-1-3-5-9/h1-5,10,16H,6-8H2,(H,13,15)/t10-/m0/s1. The van der Waals surface area contributed by atoms with E-state index in [-0.39, 0.29) is 0 Å². The Labute approximate surface area is 94.0 Å². The molecule has 0 aromatic heterocycles. The highest BCUT2D eigenvalue weighted by Gasteiger charge is 2.26. The van der Waals surface area contributed by atoms with E-state index in [4.69, 9.17) is 5.21 Å². The highest BCUT2D eigenvalue weighted by atomic mass is 16.5. The van der Waals surface area contributed by atoms with E-state index < -0.39 is 11.9 Å². The predicted molar refractivity (Wildman–Crippen MR) is 59.4 cm³/mol. The summed E-state index contributed by atoms with van der Waals surface area (Å²) >= 11 is 0. The van der Waals surface area contributed by atoms with Crippen molar-refractivity contribution >= 4 is 11.6 Å². The number of nitrogens with zero attached hydrogens (tertiary/aromatic N) is 2. The summed E-state index contributed by atoms with van der Waals surface area (Å²) in [5.41, 5.74) is 2.72. The van der Waals surface area contributed by atoms with Gasteiger partial charge in [0.05, 0.1) is 0 Å². The number of amides is 1. The molecule has 1 radical (unpaired) electrons. The van der Waals surface area contributed by atoms with Gasteiger partial charge in [0.15, 0.2) is 0 Å². The molecule has 85 valence electrons. The third kappa shape index (κ3) is 2.32. The van der Waals surface area contributed by atoms with Gasteiger partial charge in [0, 0.05) is 25.3 Å². The zero-order chi connectivity index (χ0) is 11.4. The van der Waals surface area contributed by atoms with Crippen molar-refractivity contribution in [2.24, 2.45) is 0 Å². The zero-order valence-corrected chi connectivity index (χ0v) is 8.84. The lowest BCUT2D eigenvalue weighted by atomic mass is 10.1. The maximum atomic E-state index is 11.3. The number of benzene rings is 1. The molecule has 5 nitrogen and oxygen atoms in total. The number of hydroxylamine groups is 1. The molecular formula is C11H14N3O2. The summed E-state index contributed by atoms with van der Waals surface area (Å²) in [4.78, 5) is 13.4. The summed E-state index contributed by atoms with van der Waals surface area (Å²) in [6, 6.07) is 9.39. The van der Waals surface area contributed by atoms with Crippen LogP contribution in [-0.2, 0) is 4.79 Å². The SMILES string of the molecule is O=C(NO)[C@@H]1CN(c2ccccc2)CC[N]1. The van der Waals surface area contributed by atoms with E-state index in [0.29, 0.717) is 13.1 Å². The summed E-state index contributed by atoms with van der Waals surface area (Å²) in [6.07, 6.45) is 0. The van der Waals surface area contributed by atoms with Gasteiger partial charge in [-0.15, -0.1) is 0 Å². The van der Waals surface area contributed by atoms with E-state index in [0.717, 1.165) is 12.2 Å². The van der Waals surface area contributed by atoms with Gasteiger partial charge in [-0.3, -0.25) is 10.0 Å². The van der Waals surface area contributed by atoms with Crippen LogP contribution in [0.4, 0.5) is 5.69 Å². The lowest BCUT2D eigenvalue weighted by molar-refractivity contribution is -0.131. The van der Waals surface area contributed by atoms with Crippen LogP contribution < -0.4 is 15.7 Å². The Balaban J connectivity index is 2.05. The molecule has 1 aromatic rings. The van der Waals surface area contributed by atoms with E-state index in [1.54, 1.807) is 5.48 Å². The first-order valence-electron chi connectivity index (χ1n) is 5.22. The normalized spacial score (nSPS) is 20.6. The van der Waals surface area contributed by atoms with Crippen molar-refractivity contribution in [2.75, 3.05) is 24.5 Å². The monoisotopic (exact) mass is 220 g/mol. The smallest absolute Gasteiger partial charge is 0.263 e. The van der Waals surface area contributed by atoms with E-state index in [2.05, 4.69) is 10.2 Å². The lowest BCUT2D eigenvalue weighted by Crippen LogP contribution is -2.53. The van der Waals surface area contributed by atoms with Crippen LogP contribution >= 0.6 is 0 Å². The van der Waals surface area contributed by atoms with Crippen molar-refractivity contribution in [2.45, 2.75) is 6.04 Å². The predicted octanol–water partition coefficient (Wildman–Crippen LogP) is -0.0150. The Kier molecular flexibility index (Phi) is 3.38. The molecule has 16 heavy (non-hydrogen) atoms. The molecule has 0 unspecified atom stereocenters. The second kappa shape index (κ2) is 4.96. The van der Waals surface area contributed by atoms with Crippen molar-refractivity contribution in [3.05, 3.63) is 30.3 Å². The van der Waals surface area contributed by atoms with Gasteiger partial charge in [0.1, 0.15) is 6.04 Å². The van der Waals surface area contributed by atoms with Gasteiger partial charge in [0.25, 0.3) is 5.91 Å². The first-order valence-corrected chi connectivity index (χ1v) is 5.22. The Bertz CT molecular complexity index is 356. The third-order valence-electron chi connectivity index (χ3n) is 2.65. The summed E-state index contributed by atoms with van der Waals surface area (Å²) < 4.78 is 0. The molecule has 0 aliphatic carbocycles. The number of carbonyl (C=O) groups excluding carboxylic acids is 1. The topological polar surface area (TPSA) is 66.7 Å². The second-order valence-electron chi connectivity index (χ2n) is 3.68. The molecule has 5 heteroatoms. The average Bonchev–Trinajstić information content (AvgIpc) is 2.39.